The number of benzene rings is 2. The maximum absolute atomic E-state index is 6.03. The highest BCUT2D eigenvalue weighted by molar-refractivity contribution is 5.46. The van der Waals surface area contributed by atoms with Gasteiger partial charge in [0.2, 0.25) is 0 Å². The largest absolute Gasteiger partial charge is 0.497 e. The molecule has 0 fully saturated rings. The highest BCUT2D eigenvalue weighted by atomic mass is 16.5. The van der Waals surface area contributed by atoms with Gasteiger partial charge in [-0.3, -0.25) is 0 Å². The molecule has 0 aliphatic carbocycles. The second kappa shape index (κ2) is 9.28. The fraction of sp³-hybridized carbons (Fsp3) is 0.364. The van der Waals surface area contributed by atoms with E-state index in [1.165, 1.54) is 5.56 Å². The molecule has 0 amide bonds. The van der Waals surface area contributed by atoms with Crippen molar-refractivity contribution in [2.75, 3.05) is 25.6 Å². The summed E-state index contributed by atoms with van der Waals surface area (Å²) in [4.78, 5) is 0. The molecule has 2 rings (SSSR count). The summed E-state index contributed by atoms with van der Waals surface area (Å²) in [6.45, 7) is 10.5. The van der Waals surface area contributed by atoms with Crippen molar-refractivity contribution in [3.8, 4) is 5.75 Å². The van der Waals surface area contributed by atoms with E-state index in [0.717, 1.165) is 18.0 Å². The topological polar surface area (TPSA) is 30.5 Å². The molecular formula is C22H29NO2. The van der Waals surface area contributed by atoms with Gasteiger partial charge in [0.25, 0.3) is 0 Å². The van der Waals surface area contributed by atoms with Crippen LogP contribution in [0.25, 0.3) is 0 Å². The van der Waals surface area contributed by atoms with Crippen LogP contribution in [0.4, 0.5) is 5.69 Å². The molecule has 0 heterocycles. The van der Waals surface area contributed by atoms with Crippen molar-refractivity contribution in [2.24, 2.45) is 11.3 Å². The van der Waals surface area contributed by atoms with Gasteiger partial charge in [0.15, 0.2) is 0 Å². The summed E-state index contributed by atoms with van der Waals surface area (Å²) in [5.41, 5.74) is 2.12. The fourth-order valence-electron chi connectivity index (χ4n) is 2.70. The smallest absolute Gasteiger partial charge is 0.119 e. The Hall–Kier alpha value is -2.26. The number of hydrogen-bond acceptors (Lipinski definition) is 3. The van der Waals surface area contributed by atoms with Crippen molar-refractivity contribution in [3.63, 3.8) is 0 Å². The van der Waals surface area contributed by atoms with Crippen LogP contribution >= 0.6 is 0 Å². The van der Waals surface area contributed by atoms with Gasteiger partial charge < -0.3 is 14.8 Å². The molecule has 0 radical (unpaired) electrons. The minimum Gasteiger partial charge on any atom is -0.497 e. The number of hydrogen-bond donors (Lipinski definition) is 1. The lowest BCUT2D eigenvalue weighted by Crippen LogP contribution is -2.37. The molecule has 0 aliphatic heterocycles. The van der Waals surface area contributed by atoms with Gasteiger partial charge in [-0.15, -0.1) is 6.58 Å². The van der Waals surface area contributed by atoms with E-state index in [9.17, 15) is 0 Å². The van der Waals surface area contributed by atoms with Gasteiger partial charge in [-0.05, 0) is 35.7 Å². The predicted molar refractivity (Wildman–Crippen MR) is 105 cm³/mol. The van der Waals surface area contributed by atoms with E-state index in [1.807, 2.05) is 48.5 Å². The van der Waals surface area contributed by atoms with Crippen LogP contribution in [0.2, 0.25) is 0 Å². The highest BCUT2D eigenvalue weighted by Crippen LogP contribution is 2.30. The van der Waals surface area contributed by atoms with Gasteiger partial charge >= 0.3 is 0 Å². The first-order valence-electron chi connectivity index (χ1n) is 8.73. The Kier molecular flexibility index (Phi) is 7.08. The van der Waals surface area contributed by atoms with Gasteiger partial charge in [-0.2, -0.15) is 0 Å². The van der Waals surface area contributed by atoms with Gasteiger partial charge in [-0.25, -0.2) is 0 Å². The lowest BCUT2D eigenvalue weighted by molar-refractivity contribution is 0.0408. The van der Waals surface area contributed by atoms with Gasteiger partial charge in [0, 0.05) is 17.6 Å². The van der Waals surface area contributed by atoms with Crippen LogP contribution in [0.15, 0.2) is 67.3 Å². The summed E-state index contributed by atoms with van der Waals surface area (Å²) >= 11 is 0. The first-order valence-corrected chi connectivity index (χ1v) is 8.73. The van der Waals surface area contributed by atoms with Crippen LogP contribution in [-0.2, 0) is 11.3 Å². The zero-order valence-corrected chi connectivity index (χ0v) is 15.5. The van der Waals surface area contributed by atoms with Crippen LogP contribution in [0.3, 0.4) is 0 Å². The zero-order valence-electron chi connectivity index (χ0n) is 15.5. The molecule has 0 aromatic heterocycles. The minimum absolute atomic E-state index is 0.130. The molecule has 2 aromatic carbocycles. The van der Waals surface area contributed by atoms with Crippen molar-refractivity contribution in [3.05, 3.63) is 72.8 Å². The van der Waals surface area contributed by atoms with E-state index in [1.54, 1.807) is 7.11 Å². The van der Waals surface area contributed by atoms with E-state index in [2.05, 4.69) is 37.9 Å². The molecule has 0 saturated heterocycles. The Morgan fingerprint density at radius 1 is 1.08 bits per heavy atom. The molecule has 3 nitrogen and oxygen atoms in total. The number of anilines is 1. The Morgan fingerprint density at radius 2 is 1.76 bits per heavy atom. The number of nitrogens with one attached hydrogen (secondary N) is 1. The lowest BCUT2D eigenvalue weighted by atomic mass is 9.77. The molecule has 134 valence electrons. The van der Waals surface area contributed by atoms with Crippen molar-refractivity contribution in [2.45, 2.75) is 20.5 Å². The monoisotopic (exact) mass is 339 g/mol. The third-order valence-electron chi connectivity index (χ3n) is 4.75. The molecule has 0 aliphatic rings. The Balaban J connectivity index is 1.96. The third kappa shape index (κ3) is 5.36. The van der Waals surface area contributed by atoms with Crippen LogP contribution in [-0.4, -0.2) is 20.3 Å². The van der Waals surface area contributed by atoms with Crippen molar-refractivity contribution in [1.82, 2.24) is 0 Å². The number of ether oxygens (including phenoxy) is 2. The van der Waals surface area contributed by atoms with E-state index >= 15 is 0 Å². The molecule has 2 aromatic rings. The molecule has 0 spiro atoms. The van der Waals surface area contributed by atoms with Gasteiger partial charge in [-0.1, -0.05) is 50.3 Å². The molecule has 1 N–H and O–H groups in total. The summed E-state index contributed by atoms with van der Waals surface area (Å²) in [7, 11) is 1.67. The maximum Gasteiger partial charge on any atom is 0.119 e. The summed E-state index contributed by atoms with van der Waals surface area (Å²) in [6.07, 6.45) is 2.03. The Labute approximate surface area is 151 Å². The standard InChI is InChI=1S/C22H29NO2/c1-5-22(18(2)3,17-25-15-19-9-7-6-8-10-19)16-23-20-11-13-21(24-4)14-12-20/h5-14,18,23H,1,15-17H2,2-4H3. The third-order valence-corrected chi connectivity index (χ3v) is 4.75. The zero-order chi connectivity index (χ0) is 18.1. The predicted octanol–water partition coefficient (Wildman–Crippen LogP) is 5.15. The number of methoxy groups -OCH3 is 1. The van der Waals surface area contributed by atoms with Crippen molar-refractivity contribution in [1.29, 1.82) is 0 Å². The first kappa shape index (κ1) is 19.1. The summed E-state index contributed by atoms with van der Waals surface area (Å²) in [5.74, 6) is 1.27. The van der Waals surface area contributed by atoms with Crippen molar-refractivity contribution >= 4 is 5.69 Å². The first-order chi connectivity index (χ1) is 12.1. The molecule has 0 bridgehead atoms. The summed E-state index contributed by atoms with van der Waals surface area (Å²) < 4.78 is 11.2. The quantitative estimate of drug-likeness (QED) is 0.607. The van der Waals surface area contributed by atoms with Crippen molar-refractivity contribution < 1.29 is 9.47 Å². The lowest BCUT2D eigenvalue weighted by Gasteiger charge is -2.35. The number of rotatable bonds is 10. The highest BCUT2D eigenvalue weighted by Gasteiger charge is 2.31. The molecule has 3 heteroatoms. The Morgan fingerprint density at radius 3 is 2.32 bits per heavy atom. The molecule has 25 heavy (non-hydrogen) atoms. The van der Waals surface area contributed by atoms with Crippen LogP contribution in [0.1, 0.15) is 19.4 Å². The van der Waals surface area contributed by atoms with Crippen LogP contribution in [0, 0.1) is 11.3 Å². The average Bonchev–Trinajstić information content (AvgIpc) is 2.65. The fourth-order valence-corrected chi connectivity index (χ4v) is 2.70. The van der Waals surface area contributed by atoms with E-state index in [4.69, 9.17) is 9.47 Å². The van der Waals surface area contributed by atoms with Crippen LogP contribution in [0.5, 0.6) is 5.75 Å². The SMILES string of the molecule is C=CC(CNc1ccc(OC)cc1)(COCc1ccccc1)C(C)C. The van der Waals surface area contributed by atoms with Crippen LogP contribution < -0.4 is 10.1 Å². The summed E-state index contributed by atoms with van der Waals surface area (Å²) in [6, 6.07) is 18.2. The molecule has 0 saturated carbocycles. The molecular weight excluding hydrogens is 310 g/mol. The molecule has 1 unspecified atom stereocenters. The van der Waals surface area contributed by atoms with E-state index in [-0.39, 0.29) is 5.41 Å². The minimum atomic E-state index is -0.130. The second-order valence-corrected chi connectivity index (χ2v) is 6.65. The average molecular weight is 339 g/mol. The van der Waals surface area contributed by atoms with E-state index in [0.29, 0.717) is 19.1 Å². The van der Waals surface area contributed by atoms with Gasteiger partial charge in [0.1, 0.15) is 5.75 Å². The Bertz CT molecular complexity index is 637. The normalized spacial score (nSPS) is 13.3. The maximum atomic E-state index is 6.03. The van der Waals surface area contributed by atoms with E-state index < -0.39 is 0 Å². The summed E-state index contributed by atoms with van der Waals surface area (Å²) in [5, 5.41) is 3.51. The molecule has 1 atom stereocenters. The van der Waals surface area contributed by atoms with Gasteiger partial charge in [0.05, 0.1) is 20.3 Å². The second-order valence-electron chi connectivity index (χ2n) is 6.65.